The van der Waals surface area contributed by atoms with E-state index in [4.69, 9.17) is 16.3 Å². The molecule has 0 aliphatic heterocycles. The van der Waals surface area contributed by atoms with Gasteiger partial charge in [-0.15, -0.1) is 0 Å². The Labute approximate surface area is 154 Å². The van der Waals surface area contributed by atoms with Gasteiger partial charge in [0.05, 0.1) is 0 Å². The van der Waals surface area contributed by atoms with Gasteiger partial charge in [-0.05, 0) is 0 Å². The normalized spacial score (nSPS) is 10.8. The van der Waals surface area contributed by atoms with Crippen LogP contribution < -0.4 is 4.74 Å². The Morgan fingerprint density at radius 2 is 1.84 bits per heavy atom. The molecular weight excluding hydrogens is 407 g/mol. The first-order valence-corrected chi connectivity index (χ1v) is 9.28. The Kier molecular flexibility index (Phi) is 4.31. The molecule has 25 heavy (non-hydrogen) atoms. The fourth-order valence-electron chi connectivity index (χ4n) is 2.30. The van der Waals surface area contributed by atoms with E-state index in [1.54, 1.807) is 13.2 Å². The van der Waals surface area contributed by atoms with Crippen molar-refractivity contribution in [3.8, 4) is 33.0 Å². The number of benzene rings is 2. The van der Waals surface area contributed by atoms with Crippen LogP contribution in [-0.2, 0) is 0 Å². The predicted molar refractivity (Wildman–Crippen MR) is 94.1 cm³/mol. The zero-order valence-electron chi connectivity index (χ0n) is 13.0. The summed E-state index contributed by atoms with van der Waals surface area (Å²) in [5.41, 5.74) is 2.41. The predicted octanol–water partition coefficient (Wildman–Crippen LogP) is 2.51. The van der Waals surface area contributed by atoms with Gasteiger partial charge in [0.2, 0.25) is 0 Å². The van der Waals surface area contributed by atoms with Crippen LogP contribution in [-0.4, -0.2) is 51.2 Å². The van der Waals surface area contributed by atoms with E-state index in [0.717, 1.165) is 27.1 Å². The third-order valence-corrected chi connectivity index (χ3v) is 5.33. The van der Waals surface area contributed by atoms with Crippen molar-refractivity contribution in [1.29, 1.82) is 0 Å². The number of rotatable bonds is 4. The minimum absolute atomic E-state index is 0.215. The molecule has 0 saturated heterocycles. The van der Waals surface area contributed by atoms with Gasteiger partial charge in [-0.1, -0.05) is 0 Å². The van der Waals surface area contributed by atoms with Crippen LogP contribution in [0.15, 0.2) is 48.5 Å². The molecule has 0 N–H and O–H groups in total. The van der Waals surface area contributed by atoms with E-state index >= 15 is 0 Å². The first-order chi connectivity index (χ1) is 12.3. The standard InChI is InChI=1S/C16H11ClN6OSe/c1-24-11-8-6-10(7-9-11)14-16(25-22-18-14)23-20-15(19-21-23)12-4-2-3-5-13(12)17/h2-9H,1H3. The van der Waals surface area contributed by atoms with Crippen molar-refractivity contribution in [2.75, 3.05) is 7.11 Å². The molecule has 0 radical (unpaired) electrons. The first kappa shape index (κ1) is 16.0. The number of aromatic nitrogens is 6. The molecule has 0 amide bonds. The minimum atomic E-state index is -0.215. The van der Waals surface area contributed by atoms with Gasteiger partial charge in [0, 0.05) is 0 Å². The second kappa shape index (κ2) is 6.76. The van der Waals surface area contributed by atoms with E-state index in [-0.39, 0.29) is 14.7 Å². The molecule has 0 fully saturated rings. The summed E-state index contributed by atoms with van der Waals surface area (Å²) in [6.45, 7) is 0. The van der Waals surface area contributed by atoms with Crippen molar-refractivity contribution in [1.82, 2.24) is 29.4 Å². The van der Waals surface area contributed by atoms with E-state index in [1.165, 1.54) is 4.80 Å². The van der Waals surface area contributed by atoms with Crippen LogP contribution in [0.3, 0.4) is 0 Å². The Balaban J connectivity index is 1.72. The summed E-state index contributed by atoms with van der Waals surface area (Å²) in [5.74, 6) is 1.25. The van der Waals surface area contributed by atoms with E-state index in [1.807, 2.05) is 42.5 Å². The summed E-state index contributed by atoms with van der Waals surface area (Å²) in [6, 6.07) is 15.0. The van der Waals surface area contributed by atoms with E-state index < -0.39 is 0 Å². The summed E-state index contributed by atoms with van der Waals surface area (Å²) >= 11 is 5.99. The summed E-state index contributed by atoms with van der Waals surface area (Å²) in [6.07, 6.45) is 0. The number of halogens is 1. The maximum atomic E-state index is 6.21. The average molecular weight is 418 g/mol. The molecule has 0 aliphatic rings. The van der Waals surface area contributed by atoms with Crippen LogP contribution >= 0.6 is 11.6 Å². The third kappa shape index (κ3) is 3.07. The average Bonchev–Trinajstić information content (AvgIpc) is 3.31. The van der Waals surface area contributed by atoms with Gasteiger partial charge in [-0.3, -0.25) is 0 Å². The molecule has 2 aromatic heterocycles. The molecule has 0 aliphatic carbocycles. The second-order valence-corrected chi connectivity index (χ2v) is 6.98. The fraction of sp³-hybridized carbons (Fsp3) is 0.0625. The molecule has 0 spiro atoms. The molecule has 4 aromatic rings. The van der Waals surface area contributed by atoms with E-state index in [2.05, 4.69) is 24.6 Å². The molecule has 4 rings (SSSR count). The van der Waals surface area contributed by atoms with Crippen LogP contribution in [0, 0.1) is 0 Å². The number of tetrazole rings is 1. The van der Waals surface area contributed by atoms with Crippen LogP contribution in [0.2, 0.25) is 5.02 Å². The van der Waals surface area contributed by atoms with Gasteiger partial charge >= 0.3 is 154 Å². The Morgan fingerprint density at radius 1 is 1.04 bits per heavy atom. The number of ether oxygens (including phenoxy) is 1. The molecule has 2 aromatic carbocycles. The summed E-state index contributed by atoms with van der Waals surface area (Å²) in [4.78, 5) is 1.48. The molecule has 0 atom stereocenters. The number of methoxy groups -OCH3 is 1. The Hall–Kier alpha value is -2.54. The number of hydrogen-bond acceptors (Lipinski definition) is 6. The van der Waals surface area contributed by atoms with Crippen molar-refractivity contribution in [3.63, 3.8) is 0 Å². The Morgan fingerprint density at radius 3 is 2.60 bits per heavy atom. The van der Waals surface area contributed by atoms with Crippen molar-refractivity contribution in [2.24, 2.45) is 0 Å². The fourth-order valence-corrected chi connectivity index (χ4v) is 3.77. The molecular formula is C16H11ClN6OSe. The van der Waals surface area contributed by atoms with Crippen LogP contribution in [0.25, 0.3) is 27.2 Å². The van der Waals surface area contributed by atoms with Crippen molar-refractivity contribution in [3.05, 3.63) is 53.6 Å². The van der Waals surface area contributed by atoms with Crippen molar-refractivity contribution in [2.45, 2.75) is 0 Å². The topological polar surface area (TPSA) is 78.6 Å². The zero-order chi connectivity index (χ0) is 17.2. The van der Waals surface area contributed by atoms with E-state index in [0.29, 0.717) is 10.8 Å². The summed E-state index contributed by atoms with van der Waals surface area (Å²) in [5, 5.41) is 17.6. The second-order valence-electron chi connectivity index (χ2n) is 5.04. The van der Waals surface area contributed by atoms with Gasteiger partial charge in [0.15, 0.2) is 0 Å². The van der Waals surface area contributed by atoms with Crippen LogP contribution in [0.4, 0.5) is 0 Å². The SMILES string of the molecule is COc1ccc(-c2nn[se]c2-n2nnc(-c3ccccc3Cl)n2)cc1. The van der Waals surface area contributed by atoms with Gasteiger partial charge in [-0.25, -0.2) is 0 Å². The van der Waals surface area contributed by atoms with Gasteiger partial charge in [-0.2, -0.15) is 0 Å². The van der Waals surface area contributed by atoms with Gasteiger partial charge in [0.1, 0.15) is 0 Å². The molecule has 7 nitrogen and oxygen atoms in total. The number of hydrogen-bond donors (Lipinski definition) is 0. The monoisotopic (exact) mass is 418 g/mol. The van der Waals surface area contributed by atoms with Crippen LogP contribution in [0.1, 0.15) is 0 Å². The summed E-state index contributed by atoms with van der Waals surface area (Å²) in [7, 11) is 1.63. The quantitative estimate of drug-likeness (QED) is 0.475. The molecule has 0 bridgehead atoms. The molecule has 124 valence electrons. The maximum absolute atomic E-state index is 6.21. The zero-order valence-corrected chi connectivity index (χ0v) is 15.5. The molecule has 0 saturated carbocycles. The number of nitrogens with zero attached hydrogens (tertiary/aromatic N) is 6. The van der Waals surface area contributed by atoms with Crippen molar-refractivity contribution < 1.29 is 4.74 Å². The molecule has 2 heterocycles. The van der Waals surface area contributed by atoms with Crippen molar-refractivity contribution >= 4 is 26.3 Å². The van der Waals surface area contributed by atoms with Gasteiger partial charge < -0.3 is 0 Å². The Bertz CT molecular complexity index is 1010. The third-order valence-electron chi connectivity index (χ3n) is 3.54. The van der Waals surface area contributed by atoms with Crippen LogP contribution in [0.5, 0.6) is 5.75 Å². The van der Waals surface area contributed by atoms with Gasteiger partial charge in [0.25, 0.3) is 0 Å². The first-order valence-electron chi connectivity index (χ1n) is 7.28. The summed E-state index contributed by atoms with van der Waals surface area (Å²) < 4.78 is 10.2. The van der Waals surface area contributed by atoms with E-state index in [9.17, 15) is 0 Å². The molecule has 9 heteroatoms. The molecule has 0 unspecified atom stereocenters.